The van der Waals surface area contributed by atoms with Gasteiger partial charge >= 0.3 is 5.97 Å². The molecule has 0 aromatic heterocycles. The fourth-order valence-corrected chi connectivity index (χ4v) is 3.24. The lowest BCUT2D eigenvalue weighted by Gasteiger charge is -2.29. The van der Waals surface area contributed by atoms with E-state index in [-0.39, 0.29) is 12.5 Å². The average molecular weight is 374 g/mol. The van der Waals surface area contributed by atoms with Gasteiger partial charge in [0.15, 0.2) is 0 Å². The lowest BCUT2D eigenvalue weighted by molar-refractivity contribution is -0.143. The van der Waals surface area contributed by atoms with Crippen molar-refractivity contribution in [2.24, 2.45) is 5.92 Å². The maximum Gasteiger partial charge on any atom is 0.308 e. The summed E-state index contributed by atoms with van der Waals surface area (Å²) in [5.74, 6) is -1.55. The van der Waals surface area contributed by atoms with E-state index in [1.165, 1.54) is 16.7 Å². The minimum Gasteiger partial charge on any atom is -0.481 e. The molecule has 116 valence electrons. The van der Waals surface area contributed by atoms with Gasteiger partial charge in [-0.05, 0) is 38.1 Å². The first-order valence-corrected chi connectivity index (χ1v) is 8.17. The second-order valence-corrected chi connectivity index (χ2v) is 8.10. The van der Waals surface area contributed by atoms with Gasteiger partial charge in [-0.1, -0.05) is 22.9 Å². The summed E-state index contributed by atoms with van der Waals surface area (Å²) in [4.78, 5) is 25.9. The highest BCUT2D eigenvalue weighted by Gasteiger charge is 2.32. The summed E-state index contributed by atoms with van der Waals surface area (Å²) in [5.41, 5.74) is 0. The van der Waals surface area contributed by atoms with Crippen LogP contribution in [0.15, 0.2) is 33.6 Å². The van der Waals surface area contributed by atoms with Crippen LogP contribution in [0.5, 0.6) is 0 Å². The van der Waals surface area contributed by atoms with Gasteiger partial charge in [-0.25, -0.2) is 0 Å². The third-order valence-corrected chi connectivity index (χ3v) is 4.74. The van der Waals surface area contributed by atoms with Crippen molar-refractivity contribution in [2.75, 3.05) is 13.6 Å². The lowest BCUT2D eigenvalue weighted by Crippen LogP contribution is -2.43. The molecule has 1 rings (SSSR count). The van der Waals surface area contributed by atoms with Crippen LogP contribution in [-0.4, -0.2) is 40.2 Å². The van der Waals surface area contributed by atoms with Crippen molar-refractivity contribution in [1.82, 2.24) is 4.90 Å². The third kappa shape index (κ3) is 5.36. The molecule has 1 aromatic carbocycles. The molecule has 0 aliphatic rings. The molecule has 0 saturated carbocycles. The van der Waals surface area contributed by atoms with E-state index in [4.69, 9.17) is 5.11 Å². The van der Waals surface area contributed by atoms with Crippen molar-refractivity contribution in [3.8, 4) is 0 Å². The summed E-state index contributed by atoms with van der Waals surface area (Å²) in [6.45, 7) is 5.51. The first kappa shape index (κ1) is 18.0. The van der Waals surface area contributed by atoms with Crippen molar-refractivity contribution in [3.63, 3.8) is 0 Å². The zero-order chi connectivity index (χ0) is 16.2. The van der Waals surface area contributed by atoms with Gasteiger partial charge in [-0.15, -0.1) is 11.8 Å². The van der Waals surface area contributed by atoms with Crippen LogP contribution in [0.3, 0.4) is 0 Å². The number of carbonyl (C=O) groups excluding carboxylic acids is 1. The Morgan fingerprint density at radius 3 is 2.33 bits per heavy atom. The second kappa shape index (κ2) is 7.31. The number of hydrogen-bond acceptors (Lipinski definition) is 3. The Morgan fingerprint density at radius 1 is 1.33 bits per heavy atom. The van der Waals surface area contributed by atoms with Crippen LogP contribution in [0.2, 0.25) is 0 Å². The van der Waals surface area contributed by atoms with Crippen molar-refractivity contribution in [1.29, 1.82) is 0 Å². The van der Waals surface area contributed by atoms with Crippen molar-refractivity contribution in [3.05, 3.63) is 28.7 Å². The maximum atomic E-state index is 12.5. The van der Waals surface area contributed by atoms with Crippen LogP contribution < -0.4 is 0 Å². The average Bonchev–Trinajstić information content (AvgIpc) is 2.40. The molecule has 21 heavy (non-hydrogen) atoms. The van der Waals surface area contributed by atoms with Gasteiger partial charge in [0.05, 0.1) is 10.7 Å². The van der Waals surface area contributed by atoms with Gasteiger partial charge < -0.3 is 10.0 Å². The largest absolute Gasteiger partial charge is 0.481 e. The molecule has 4 nitrogen and oxygen atoms in total. The van der Waals surface area contributed by atoms with Crippen LogP contribution in [0, 0.1) is 5.92 Å². The Labute approximate surface area is 138 Å². The number of amides is 1. The number of aliphatic carboxylic acids is 1. The summed E-state index contributed by atoms with van der Waals surface area (Å²) >= 11 is 4.84. The summed E-state index contributed by atoms with van der Waals surface area (Å²) in [6.07, 6.45) is 0. The molecular formula is C15H20BrNO3S. The van der Waals surface area contributed by atoms with Gasteiger partial charge in [-0.3, -0.25) is 9.59 Å². The number of carboxylic acid groups (broad SMARTS) is 1. The predicted octanol–water partition coefficient (Wildman–Crippen LogP) is 3.50. The van der Waals surface area contributed by atoms with Crippen LogP contribution >= 0.6 is 27.7 Å². The molecule has 6 heteroatoms. The lowest BCUT2D eigenvalue weighted by atomic mass is 10.1. The smallest absolute Gasteiger partial charge is 0.308 e. The first-order chi connectivity index (χ1) is 9.63. The van der Waals surface area contributed by atoms with Crippen LogP contribution in [-0.2, 0) is 9.59 Å². The molecule has 1 N–H and O–H groups in total. The maximum absolute atomic E-state index is 12.5. The van der Waals surface area contributed by atoms with Gasteiger partial charge in [0, 0.05) is 23.0 Å². The number of hydrogen-bond donors (Lipinski definition) is 1. The summed E-state index contributed by atoms with van der Waals surface area (Å²) < 4.78 is 0.337. The number of carboxylic acids is 1. The second-order valence-electron chi connectivity index (χ2n) is 5.49. The Kier molecular flexibility index (Phi) is 6.28. The van der Waals surface area contributed by atoms with E-state index in [2.05, 4.69) is 15.9 Å². The summed E-state index contributed by atoms with van der Waals surface area (Å²) in [7, 11) is 1.64. The topological polar surface area (TPSA) is 57.6 Å². The standard InChI is InChI=1S/C15H20BrNO3S/c1-10(13(18)19)9-17(4)14(20)15(2,3)21-12-7-5-11(16)6-8-12/h5-8,10H,9H2,1-4H3,(H,18,19)/t10-/m1/s1. The first-order valence-electron chi connectivity index (χ1n) is 6.56. The summed E-state index contributed by atoms with van der Waals surface area (Å²) in [5, 5.41) is 8.93. The molecule has 0 unspecified atom stereocenters. The molecule has 0 aliphatic heterocycles. The molecule has 1 amide bonds. The van der Waals surface area contributed by atoms with Crippen LogP contribution in [0.1, 0.15) is 20.8 Å². The zero-order valence-electron chi connectivity index (χ0n) is 12.6. The molecule has 0 saturated heterocycles. The Morgan fingerprint density at radius 2 is 1.86 bits per heavy atom. The molecular weight excluding hydrogens is 354 g/mol. The van der Waals surface area contributed by atoms with Crippen molar-refractivity contribution in [2.45, 2.75) is 30.4 Å². The number of carbonyl (C=O) groups is 2. The predicted molar refractivity (Wildman–Crippen MR) is 88.5 cm³/mol. The Hall–Kier alpha value is -1.01. The van der Waals surface area contributed by atoms with Crippen molar-refractivity contribution >= 4 is 39.6 Å². The Balaban J connectivity index is 2.74. The van der Waals surface area contributed by atoms with Crippen molar-refractivity contribution < 1.29 is 14.7 Å². The quantitative estimate of drug-likeness (QED) is 0.775. The molecule has 0 bridgehead atoms. The highest BCUT2D eigenvalue weighted by atomic mass is 79.9. The van der Waals surface area contributed by atoms with E-state index < -0.39 is 16.6 Å². The van der Waals surface area contributed by atoms with Gasteiger partial charge in [0.25, 0.3) is 0 Å². The fraction of sp³-hybridized carbons (Fsp3) is 0.467. The molecule has 0 heterocycles. The molecule has 1 atom stereocenters. The highest BCUT2D eigenvalue weighted by molar-refractivity contribution is 9.10. The van der Waals surface area contributed by atoms with E-state index in [1.54, 1.807) is 14.0 Å². The normalized spacial score (nSPS) is 12.8. The van der Waals surface area contributed by atoms with Gasteiger partial charge in [0.1, 0.15) is 0 Å². The van der Waals surface area contributed by atoms with E-state index >= 15 is 0 Å². The third-order valence-electron chi connectivity index (χ3n) is 3.02. The van der Waals surface area contributed by atoms with E-state index in [9.17, 15) is 9.59 Å². The molecule has 0 aliphatic carbocycles. The summed E-state index contributed by atoms with van der Waals surface area (Å²) in [6, 6.07) is 7.76. The SMILES string of the molecule is C[C@H](CN(C)C(=O)C(C)(C)Sc1ccc(Br)cc1)C(=O)O. The Bertz CT molecular complexity index is 516. The van der Waals surface area contributed by atoms with E-state index in [0.29, 0.717) is 0 Å². The minimum absolute atomic E-state index is 0.0801. The monoisotopic (exact) mass is 373 g/mol. The fourth-order valence-electron chi connectivity index (χ4n) is 1.87. The van der Waals surface area contributed by atoms with Crippen LogP contribution in [0.25, 0.3) is 0 Å². The van der Waals surface area contributed by atoms with E-state index in [1.807, 2.05) is 38.1 Å². The molecule has 0 fully saturated rings. The molecule has 0 spiro atoms. The zero-order valence-corrected chi connectivity index (χ0v) is 15.0. The molecule has 0 radical (unpaired) electrons. The van der Waals surface area contributed by atoms with Gasteiger partial charge in [0.2, 0.25) is 5.91 Å². The van der Waals surface area contributed by atoms with Gasteiger partial charge in [-0.2, -0.15) is 0 Å². The number of nitrogens with zero attached hydrogens (tertiary/aromatic N) is 1. The number of benzene rings is 1. The number of thioether (sulfide) groups is 1. The van der Waals surface area contributed by atoms with E-state index in [0.717, 1.165) is 9.37 Å². The van der Waals surface area contributed by atoms with Crippen LogP contribution in [0.4, 0.5) is 0 Å². The highest BCUT2D eigenvalue weighted by Crippen LogP contribution is 2.34. The number of halogens is 1. The minimum atomic E-state index is -0.895. The molecule has 1 aromatic rings. The number of rotatable bonds is 6.